The van der Waals surface area contributed by atoms with Crippen molar-refractivity contribution in [3.05, 3.63) is 65.2 Å². The van der Waals surface area contributed by atoms with Crippen LogP contribution in [0.5, 0.6) is 0 Å². The third-order valence-electron chi connectivity index (χ3n) is 4.90. The van der Waals surface area contributed by atoms with E-state index in [2.05, 4.69) is 5.32 Å². The van der Waals surface area contributed by atoms with Crippen LogP contribution in [0.4, 0.5) is 0 Å². The summed E-state index contributed by atoms with van der Waals surface area (Å²) in [6.07, 6.45) is 2.06. The van der Waals surface area contributed by atoms with Crippen LogP contribution in [-0.2, 0) is 16.6 Å². The number of benzene rings is 2. The number of amides is 2. The Hall–Kier alpha value is -2.71. The average Bonchev–Trinajstić information content (AvgIpc) is 3.26. The van der Waals surface area contributed by atoms with Crippen LogP contribution in [0.1, 0.15) is 39.1 Å². The summed E-state index contributed by atoms with van der Waals surface area (Å²) in [6.45, 7) is 1.81. The number of hydrogen-bond acceptors (Lipinski definition) is 4. The van der Waals surface area contributed by atoms with Crippen molar-refractivity contribution in [2.45, 2.75) is 24.3 Å². The molecule has 1 N–H and O–H groups in total. The van der Waals surface area contributed by atoms with E-state index in [-0.39, 0.29) is 28.8 Å². The Balaban J connectivity index is 1.68. The van der Waals surface area contributed by atoms with Gasteiger partial charge in [-0.25, -0.2) is 12.7 Å². The lowest BCUT2D eigenvalue weighted by Gasteiger charge is -2.16. The maximum absolute atomic E-state index is 12.5. The van der Waals surface area contributed by atoms with Gasteiger partial charge in [0.2, 0.25) is 10.0 Å². The number of likely N-dealkylation sites (tertiary alicyclic amines) is 1. The van der Waals surface area contributed by atoms with Gasteiger partial charge in [-0.1, -0.05) is 18.2 Å². The number of carbonyl (C=O) groups is 2. The predicted octanol–water partition coefficient (Wildman–Crippen LogP) is 2.10. The maximum Gasteiger partial charge on any atom is 0.253 e. The van der Waals surface area contributed by atoms with Gasteiger partial charge in [0.05, 0.1) is 4.90 Å². The Bertz CT molecular complexity index is 1010. The molecule has 2 aromatic carbocycles. The van der Waals surface area contributed by atoms with Crippen LogP contribution in [0.3, 0.4) is 0 Å². The van der Waals surface area contributed by atoms with Crippen LogP contribution in [0.15, 0.2) is 53.4 Å². The monoisotopic (exact) mass is 415 g/mol. The number of nitrogens with one attached hydrogen (secondary N) is 1. The first kappa shape index (κ1) is 21.0. The van der Waals surface area contributed by atoms with Crippen molar-refractivity contribution >= 4 is 21.8 Å². The lowest BCUT2D eigenvalue weighted by molar-refractivity contribution is 0.0792. The van der Waals surface area contributed by atoms with Crippen molar-refractivity contribution in [3.63, 3.8) is 0 Å². The largest absolute Gasteiger partial charge is 0.348 e. The molecule has 0 spiro atoms. The lowest BCUT2D eigenvalue weighted by atomic mass is 10.1. The number of rotatable bonds is 6. The summed E-state index contributed by atoms with van der Waals surface area (Å²) in [5.41, 5.74) is 1.68. The van der Waals surface area contributed by atoms with E-state index >= 15 is 0 Å². The second-order valence-electron chi connectivity index (χ2n) is 7.20. The van der Waals surface area contributed by atoms with Crippen molar-refractivity contribution < 1.29 is 18.0 Å². The minimum atomic E-state index is -3.61. The zero-order valence-electron chi connectivity index (χ0n) is 16.6. The normalized spacial score (nSPS) is 14.2. The molecule has 2 amide bonds. The fourth-order valence-corrected chi connectivity index (χ4v) is 4.16. The number of carbonyl (C=O) groups excluding carboxylic acids is 2. The molecule has 0 aliphatic carbocycles. The smallest absolute Gasteiger partial charge is 0.253 e. The maximum atomic E-state index is 12.5. The van der Waals surface area contributed by atoms with Gasteiger partial charge >= 0.3 is 0 Å². The Morgan fingerprint density at radius 1 is 1.00 bits per heavy atom. The van der Waals surface area contributed by atoms with Crippen molar-refractivity contribution in [3.8, 4) is 0 Å². The van der Waals surface area contributed by atoms with E-state index < -0.39 is 10.0 Å². The molecule has 7 nitrogen and oxygen atoms in total. The van der Waals surface area contributed by atoms with Gasteiger partial charge in [0.1, 0.15) is 0 Å². The van der Waals surface area contributed by atoms with E-state index in [0.29, 0.717) is 5.56 Å². The number of nitrogens with zero attached hydrogens (tertiary/aromatic N) is 2. The summed E-state index contributed by atoms with van der Waals surface area (Å²) in [6, 6.07) is 13.1. The van der Waals surface area contributed by atoms with Crippen LogP contribution in [0.2, 0.25) is 0 Å². The molecule has 2 aromatic rings. The quantitative estimate of drug-likeness (QED) is 0.783. The fourth-order valence-electron chi connectivity index (χ4n) is 3.21. The van der Waals surface area contributed by atoms with E-state index in [1.165, 1.54) is 26.2 Å². The van der Waals surface area contributed by atoms with E-state index in [9.17, 15) is 18.0 Å². The van der Waals surface area contributed by atoms with E-state index in [0.717, 1.165) is 35.8 Å². The summed E-state index contributed by atoms with van der Waals surface area (Å²) in [4.78, 5) is 26.9. The molecule has 3 rings (SSSR count). The van der Waals surface area contributed by atoms with Crippen LogP contribution >= 0.6 is 0 Å². The van der Waals surface area contributed by atoms with E-state index in [4.69, 9.17) is 0 Å². The zero-order valence-corrected chi connectivity index (χ0v) is 17.4. The molecule has 0 saturated carbocycles. The molecule has 1 aliphatic heterocycles. The highest BCUT2D eigenvalue weighted by Gasteiger charge is 2.20. The van der Waals surface area contributed by atoms with Gasteiger partial charge in [-0.15, -0.1) is 0 Å². The van der Waals surface area contributed by atoms with Gasteiger partial charge in [-0.3, -0.25) is 9.59 Å². The van der Waals surface area contributed by atoms with Gasteiger partial charge in [0.15, 0.2) is 0 Å². The minimum Gasteiger partial charge on any atom is -0.348 e. The van der Waals surface area contributed by atoms with E-state index in [1.807, 2.05) is 11.0 Å². The first-order valence-corrected chi connectivity index (χ1v) is 10.9. The predicted molar refractivity (Wildman–Crippen MR) is 110 cm³/mol. The molecule has 154 valence electrons. The van der Waals surface area contributed by atoms with Crippen LogP contribution in [0, 0.1) is 0 Å². The Morgan fingerprint density at radius 3 is 2.34 bits per heavy atom. The molecule has 0 aromatic heterocycles. The third-order valence-corrected chi connectivity index (χ3v) is 6.71. The van der Waals surface area contributed by atoms with Gasteiger partial charge in [-0.05, 0) is 48.7 Å². The molecule has 1 saturated heterocycles. The Kier molecular flexibility index (Phi) is 6.34. The Morgan fingerprint density at radius 2 is 1.66 bits per heavy atom. The number of sulfonamides is 1. The second kappa shape index (κ2) is 8.75. The summed E-state index contributed by atoms with van der Waals surface area (Å²) in [7, 11) is -0.726. The average molecular weight is 416 g/mol. The van der Waals surface area contributed by atoms with Crippen molar-refractivity contribution in [2.75, 3.05) is 27.2 Å². The Labute approximate surface area is 171 Å². The van der Waals surface area contributed by atoms with Crippen LogP contribution in [0.25, 0.3) is 0 Å². The summed E-state index contributed by atoms with van der Waals surface area (Å²) >= 11 is 0. The minimum absolute atomic E-state index is 0.0114. The molecule has 0 unspecified atom stereocenters. The van der Waals surface area contributed by atoms with Crippen molar-refractivity contribution in [1.82, 2.24) is 14.5 Å². The van der Waals surface area contributed by atoms with Crippen LogP contribution < -0.4 is 5.32 Å². The molecule has 1 aliphatic rings. The van der Waals surface area contributed by atoms with E-state index in [1.54, 1.807) is 30.3 Å². The zero-order chi connectivity index (χ0) is 21.0. The van der Waals surface area contributed by atoms with Crippen LogP contribution in [-0.4, -0.2) is 56.6 Å². The molecule has 29 heavy (non-hydrogen) atoms. The molecule has 0 bridgehead atoms. The number of hydrogen-bond donors (Lipinski definition) is 1. The standard InChI is InChI=1S/C21H25N3O4S/c1-23(2)29(27,28)19-10-6-8-17(14-19)20(25)22-15-16-7-5-9-18(13-16)21(26)24-11-3-4-12-24/h5-10,13-14H,3-4,11-12,15H2,1-2H3,(H,22,25). The first-order valence-electron chi connectivity index (χ1n) is 9.48. The molecular weight excluding hydrogens is 390 g/mol. The highest BCUT2D eigenvalue weighted by atomic mass is 32.2. The molecular formula is C21H25N3O4S. The molecule has 0 atom stereocenters. The van der Waals surface area contributed by atoms with Gasteiger partial charge < -0.3 is 10.2 Å². The lowest BCUT2D eigenvalue weighted by Crippen LogP contribution is -2.28. The molecule has 8 heteroatoms. The van der Waals surface area contributed by atoms with Crippen molar-refractivity contribution in [1.29, 1.82) is 0 Å². The highest BCUT2D eigenvalue weighted by molar-refractivity contribution is 7.89. The SMILES string of the molecule is CN(C)S(=O)(=O)c1cccc(C(=O)NCc2cccc(C(=O)N3CCCC3)c2)c1. The van der Waals surface area contributed by atoms with Gasteiger partial charge in [0, 0.05) is 44.9 Å². The van der Waals surface area contributed by atoms with Gasteiger partial charge in [0.25, 0.3) is 11.8 Å². The summed E-state index contributed by atoms with van der Waals surface area (Å²) in [5, 5.41) is 2.79. The molecule has 1 fully saturated rings. The van der Waals surface area contributed by atoms with Crippen molar-refractivity contribution in [2.24, 2.45) is 0 Å². The van der Waals surface area contributed by atoms with Gasteiger partial charge in [-0.2, -0.15) is 0 Å². The first-order chi connectivity index (χ1) is 13.8. The second-order valence-corrected chi connectivity index (χ2v) is 9.35. The summed E-state index contributed by atoms with van der Waals surface area (Å²) in [5.74, 6) is -0.366. The fraction of sp³-hybridized carbons (Fsp3) is 0.333. The highest BCUT2D eigenvalue weighted by Crippen LogP contribution is 2.16. The summed E-state index contributed by atoms with van der Waals surface area (Å²) < 4.78 is 25.6. The molecule has 1 heterocycles. The molecule has 0 radical (unpaired) electrons. The third kappa shape index (κ3) is 4.83. The topological polar surface area (TPSA) is 86.8 Å².